The van der Waals surface area contributed by atoms with Crippen molar-refractivity contribution in [3.63, 3.8) is 0 Å². The van der Waals surface area contributed by atoms with E-state index in [-0.39, 0.29) is 17.5 Å². The van der Waals surface area contributed by atoms with Gasteiger partial charge in [0.25, 0.3) is 5.56 Å². The minimum atomic E-state index is -0.549. The van der Waals surface area contributed by atoms with Crippen LogP contribution in [0.4, 0.5) is 0 Å². The first kappa shape index (κ1) is 15.4. The van der Waals surface area contributed by atoms with Gasteiger partial charge < -0.3 is 4.74 Å². The molecule has 0 saturated carbocycles. The van der Waals surface area contributed by atoms with Crippen LogP contribution in [0.25, 0.3) is 0 Å². The Morgan fingerprint density at radius 2 is 2.00 bits per heavy atom. The lowest BCUT2D eigenvalue weighted by atomic mass is 10.2. The van der Waals surface area contributed by atoms with Crippen LogP contribution in [0.1, 0.15) is 37.6 Å². The fourth-order valence-electron chi connectivity index (χ4n) is 1.68. The van der Waals surface area contributed by atoms with E-state index in [2.05, 4.69) is 0 Å². The molecule has 0 spiro atoms. The highest BCUT2D eigenvalue weighted by atomic mass is 16.5. The lowest BCUT2D eigenvalue weighted by molar-refractivity contribution is 0.0746. The number of aryl methyl sites for hydroxylation is 1. The molecule has 0 aliphatic carbocycles. The fourth-order valence-corrected chi connectivity index (χ4v) is 1.68. The minimum absolute atomic E-state index is 0.0341. The van der Waals surface area contributed by atoms with Gasteiger partial charge in [-0.1, -0.05) is 0 Å². The topological polar surface area (TPSA) is 70.3 Å². The summed E-state index contributed by atoms with van der Waals surface area (Å²) in [6.07, 6.45) is 2.13. The summed E-state index contributed by atoms with van der Waals surface area (Å²) < 4.78 is 7.72. The van der Waals surface area contributed by atoms with Crippen molar-refractivity contribution in [2.24, 2.45) is 7.05 Å². The third-order valence-corrected chi connectivity index (χ3v) is 2.73. The molecular weight excluding hydrogens is 248 g/mol. The molecule has 0 bridgehead atoms. The molecule has 0 radical (unpaired) electrons. The number of carbonyl (C=O) groups is 1. The number of ketones is 1. The molecule has 0 aromatic carbocycles. The van der Waals surface area contributed by atoms with Gasteiger partial charge in [-0.15, -0.1) is 0 Å². The highest BCUT2D eigenvalue weighted by Crippen LogP contribution is 1.95. The summed E-state index contributed by atoms with van der Waals surface area (Å²) >= 11 is 0. The van der Waals surface area contributed by atoms with Gasteiger partial charge in [-0.2, -0.15) is 0 Å². The van der Waals surface area contributed by atoms with Crippen LogP contribution in [0.3, 0.4) is 0 Å². The number of hydrogen-bond donors (Lipinski definition) is 0. The van der Waals surface area contributed by atoms with E-state index in [1.165, 1.54) is 24.7 Å². The van der Waals surface area contributed by atoms with Gasteiger partial charge in [0.2, 0.25) is 0 Å². The number of rotatable bonds is 6. The molecule has 19 heavy (non-hydrogen) atoms. The van der Waals surface area contributed by atoms with Crippen LogP contribution < -0.4 is 11.2 Å². The van der Waals surface area contributed by atoms with E-state index in [4.69, 9.17) is 4.74 Å². The third kappa shape index (κ3) is 3.89. The molecule has 6 nitrogen and oxygen atoms in total. The molecule has 0 aliphatic heterocycles. The first-order valence-electron chi connectivity index (χ1n) is 6.27. The standard InChI is InChI=1S/C13H20N2O4/c1-9(2)19-7-5-6-15-8-11(10(3)16)12(17)14(4)13(15)18/h8-9H,5-7H2,1-4H3. The Bertz CT molecular complexity index is 569. The molecule has 1 heterocycles. The van der Waals surface area contributed by atoms with Crippen LogP contribution in [0, 0.1) is 0 Å². The molecule has 1 rings (SSSR count). The second kappa shape index (κ2) is 6.47. The molecule has 0 aliphatic rings. The molecule has 0 unspecified atom stereocenters. The average molecular weight is 268 g/mol. The highest BCUT2D eigenvalue weighted by molar-refractivity contribution is 5.93. The second-order valence-electron chi connectivity index (χ2n) is 4.71. The van der Waals surface area contributed by atoms with Crippen molar-refractivity contribution in [2.75, 3.05) is 6.61 Å². The van der Waals surface area contributed by atoms with Crippen LogP contribution >= 0.6 is 0 Å². The van der Waals surface area contributed by atoms with Crippen LogP contribution in [0.5, 0.6) is 0 Å². The Balaban J connectivity index is 2.93. The van der Waals surface area contributed by atoms with E-state index < -0.39 is 11.2 Å². The lowest BCUT2D eigenvalue weighted by Crippen LogP contribution is -2.40. The van der Waals surface area contributed by atoms with E-state index in [0.29, 0.717) is 19.6 Å². The first-order chi connectivity index (χ1) is 8.84. The molecule has 6 heteroatoms. The number of hydrogen-bond acceptors (Lipinski definition) is 4. The second-order valence-corrected chi connectivity index (χ2v) is 4.71. The molecule has 0 N–H and O–H groups in total. The quantitative estimate of drug-likeness (QED) is 0.558. The van der Waals surface area contributed by atoms with Gasteiger partial charge in [0.1, 0.15) is 0 Å². The Morgan fingerprint density at radius 1 is 1.37 bits per heavy atom. The van der Waals surface area contributed by atoms with Crippen molar-refractivity contribution in [2.45, 2.75) is 39.8 Å². The molecule has 0 fully saturated rings. The molecule has 0 saturated heterocycles. The molecule has 0 amide bonds. The fraction of sp³-hybridized carbons (Fsp3) is 0.615. The molecular formula is C13H20N2O4. The van der Waals surface area contributed by atoms with Gasteiger partial charge in [0, 0.05) is 26.4 Å². The number of Topliss-reactive ketones (excluding diaryl/α,β-unsaturated/α-hetero) is 1. The maximum absolute atomic E-state index is 11.9. The zero-order valence-electron chi connectivity index (χ0n) is 11.8. The number of carbonyl (C=O) groups excluding carboxylic acids is 1. The summed E-state index contributed by atoms with van der Waals surface area (Å²) in [5, 5.41) is 0. The zero-order valence-corrected chi connectivity index (χ0v) is 11.8. The summed E-state index contributed by atoms with van der Waals surface area (Å²) in [7, 11) is 1.37. The summed E-state index contributed by atoms with van der Waals surface area (Å²) in [5.41, 5.74) is -0.932. The van der Waals surface area contributed by atoms with Crippen molar-refractivity contribution in [3.05, 3.63) is 32.6 Å². The molecule has 1 aromatic heterocycles. The maximum atomic E-state index is 11.9. The van der Waals surface area contributed by atoms with E-state index in [1.807, 2.05) is 13.8 Å². The van der Waals surface area contributed by atoms with Crippen molar-refractivity contribution in [3.8, 4) is 0 Å². The molecule has 106 valence electrons. The highest BCUT2D eigenvalue weighted by Gasteiger charge is 2.11. The average Bonchev–Trinajstić information content (AvgIpc) is 2.33. The SMILES string of the molecule is CC(=O)c1cn(CCCOC(C)C)c(=O)n(C)c1=O. The maximum Gasteiger partial charge on any atom is 0.330 e. The van der Waals surface area contributed by atoms with E-state index in [0.717, 1.165) is 4.57 Å². The third-order valence-electron chi connectivity index (χ3n) is 2.73. The number of aromatic nitrogens is 2. The van der Waals surface area contributed by atoms with Crippen molar-refractivity contribution >= 4 is 5.78 Å². The summed E-state index contributed by atoms with van der Waals surface area (Å²) in [6.45, 7) is 6.13. The van der Waals surface area contributed by atoms with Gasteiger partial charge in [-0.05, 0) is 27.2 Å². The van der Waals surface area contributed by atoms with Gasteiger partial charge in [-0.25, -0.2) is 4.79 Å². The smallest absolute Gasteiger partial charge is 0.330 e. The Labute approximate surface area is 111 Å². The summed E-state index contributed by atoms with van der Waals surface area (Å²) in [6, 6.07) is 0. The van der Waals surface area contributed by atoms with Crippen LogP contribution in [-0.2, 0) is 18.3 Å². The Morgan fingerprint density at radius 3 is 2.53 bits per heavy atom. The zero-order chi connectivity index (χ0) is 14.6. The Hall–Kier alpha value is -1.69. The molecule has 1 aromatic rings. The summed E-state index contributed by atoms with van der Waals surface area (Å²) in [5.74, 6) is -0.340. The van der Waals surface area contributed by atoms with E-state index >= 15 is 0 Å². The minimum Gasteiger partial charge on any atom is -0.379 e. The van der Waals surface area contributed by atoms with Crippen molar-refractivity contribution in [1.29, 1.82) is 0 Å². The van der Waals surface area contributed by atoms with Crippen molar-refractivity contribution in [1.82, 2.24) is 9.13 Å². The van der Waals surface area contributed by atoms with Crippen LogP contribution in [0.2, 0.25) is 0 Å². The van der Waals surface area contributed by atoms with Gasteiger partial charge >= 0.3 is 5.69 Å². The largest absolute Gasteiger partial charge is 0.379 e. The normalized spacial score (nSPS) is 11.0. The van der Waals surface area contributed by atoms with E-state index in [9.17, 15) is 14.4 Å². The van der Waals surface area contributed by atoms with Crippen molar-refractivity contribution < 1.29 is 9.53 Å². The predicted octanol–water partition coefficient (Wildman–Crippen LogP) is 0.565. The van der Waals surface area contributed by atoms with Crippen LogP contribution in [-0.4, -0.2) is 27.6 Å². The number of ether oxygens (including phenoxy) is 1. The van der Waals surface area contributed by atoms with Gasteiger partial charge in [0.05, 0.1) is 11.7 Å². The lowest BCUT2D eigenvalue weighted by Gasteiger charge is -2.10. The monoisotopic (exact) mass is 268 g/mol. The summed E-state index contributed by atoms with van der Waals surface area (Å²) in [4.78, 5) is 34.9. The molecule has 0 atom stereocenters. The van der Waals surface area contributed by atoms with E-state index in [1.54, 1.807) is 0 Å². The number of nitrogens with zero attached hydrogens (tertiary/aromatic N) is 2. The van der Waals surface area contributed by atoms with Gasteiger partial charge in [0.15, 0.2) is 5.78 Å². The van der Waals surface area contributed by atoms with Crippen LogP contribution in [0.15, 0.2) is 15.8 Å². The predicted molar refractivity (Wildman–Crippen MR) is 71.7 cm³/mol. The first-order valence-corrected chi connectivity index (χ1v) is 6.27. The Kier molecular flexibility index (Phi) is 5.23. The van der Waals surface area contributed by atoms with Gasteiger partial charge in [-0.3, -0.25) is 18.7 Å².